The number of para-hydroxylation sites is 2. The van der Waals surface area contributed by atoms with Crippen LogP contribution in [0.3, 0.4) is 0 Å². The monoisotopic (exact) mass is 805 g/mol. The minimum Gasteiger partial charge on any atom is -0.507 e. The van der Waals surface area contributed by atoms with Gasteiger partial charge in [-0.2, -0.15) is 0 Å². The molecule has 0 radical (unpaired) electrons. The van der Waals surface area contributed by atoms with Crippen molar-refractivity contribution < 1.29 is 5.11 Å². The average Bonchev–Trinajstić information content (AvgIpc) is 3.78. The standard InChI is InChI=1S/C58H51N3O/c1-56(2,3)41-29-30-51(46(34-41)37-19-10-8-11-20-37)61-52-27-18-25-43(54(52)60-55(61)45-24-15-17-28-53(45)62)38-31-39(33-42(32-38)57(4,5)40-21-12-9-13-22-40)50-35-47-44-23-14-16-26-48(44)58(6,7)49(47)36-59-50/h8-36,62H,1-7H3. The predicted octanol–water partition coefficient (Wildman–Crippen LogP) is 14.7. The molecule has 0 amide bonds. The molecule has 0 fully saturated rings. The normalized spacial score (nSPS) is 13.3. The van der Waals surface area contributed by atoms with E-state index in [1.54, 1.807) is 6.07 Å². The van der Waals surface area contributed by atoms with Crippen LogP contribution in [-0.4, -0.2) is 19.6 Å². The number of phenols is 1. The van der Waals surface area contributed by atoms with Crippen LogP contribution in [0.2, 0.25) is 0 Å². The number of hydrogen-bond donors (Lipinski definition) is 1. The van der Waals surface area contributed by atoms with E-state index >= 15 is 0 Å². The molecule has 0 unspecified atom stereocenters. The van der Waals surface area contributed by atoms with Crippen LogP contribution in [0.15, 0.2) is 176 Å². The molecule has 10 rings (SSSR count). The number of phenolic OH excluding ortho intramolecular Hbond substituents is 1. The Morgan fingerprint density at radius 3 is 1.90 bits per heavy atom. The van der Waals surface area contributed by atoms with Crippen molar-refractivity contribution in [2.45, 2.75) is 64.7 Å². The first kappa shape index (κ1) is 39.1. The number of aromatic nitrogens is 3. The molecule has 2 aromatic heterocycles. The van der Waals surface area contributed by atoms with E-state index in [9.17, 15) is 5.11 Å². The summed E-state index contributed by atoms with van der Waals surface area (Å²) in [4.78, 5) is 10.7. The molecular weight excluding hydrogens is 755 g/mol. The second-order valence-corrected chi connectivity index (χ2v) is 18.9. The van der Waals surface area contributed by atoms with Crippen LogP contribution in [0.1, 0.15) is 76.3 Å². The highest BCUT2D eigenvalue weighted by Gasteiger charge is 2.36. The summed E-state index contributed by atoms with van der Waals surface area (Å²) in [5, 5.41) is 11.5. The summed E-state index contributed by atoms with van der Waals surface area (Å²) in [5.74, 6) is 0.855. The van der Waals surface area contributed by atoms with Gasteiger partial charge in [-0.3, -0.25) is 9.55 Å². The molecule has 62 heavy (non-hydrogen) atoms. The summed E-state index contributed by atoms with van der Waals surface area (Å²) < 4.78 is 2.24. The summed E-state index contributed by atoms with van der Waals surface area (Å²) in [6, 6.07) is 60.1. The molecule has 4 nitrogen and oxygen atoms in total. The number of aromatic hydroxyl groups is 1. The van der Waals surface area contributed by atoms with Crippen LogP contribution >= 0.6 is 0 Å². The molecule has 0 bridgehead atoms. The molecule has 0 saturated heterocycles. The van der Waals surface area contributed by atoms with Gasteiger partial charge in [0.25, 0.3) is 0 Å². The van der Waals surface area contributed by atoms with Gasteiger partial charge in [-0.05, 0) is 104 Å². The van der Waals surface area contributed by atoms with Gasteiger partial charge < -0.3 is 5.11 Å². The molecule has 0 saturated carbocycles. The molecule has 4 heteroatoms. The number of imidazole rings is 1. The number of benzene rings is 7. The van der Waals surface area contributed by atoms with Crippen molar-refractivity contribution in [3.63, 3.8) is 0 Å². The van der Waals surface area contributed by atoms with Crippen molar-refractivity contribution in [3.8, 4) is 67.5 Å². The van der Waals surface area contributed by atoms with E-state index in [4.69, 9.17) is 9.97 Å². The molecule has 1 aliphatic rings. The van der Waals surface area contributed by atoms with Crippen molar-refractivity contribution in [3.05, 3.63) is 204 Å². The van der Waals surface area contributed by atoms with Gasteiger partial charge in [0.05, 0.1) is 28.0 Å². The Balaban J connectivity index is 1.24. The van der Waals surface area contributed by atoms with Gasteiger partial charge in [-0.1, -0.05) is 170 Å². The largest absolute Gasteiger partial charge is 0.507 e. The Kier molecular flexibility index (Phi) is 9.19. The Morgan fingerprint density at radius 1 is 0.500 bits per heavy atom. The molecule has 9 aromatic rings. The second-order valence-electron chi connectivity index (χ2n) is 18.9. The topological polar surface area (TPSA) is 50.9 Å². The van der Waals surface area contributed by atoms with Crippen molar-refractivity contribution in [2.75, 3.05) is 0 Å². The van der Waals surface area contributed by atoms with Crippen LogP contribution in [0, 0.1) is 0 Å². The zero-order chi connectivity index (χ0) is 43.0. The quantitative estimate of drug-likeness (QED) is 0.175. The SMILES string of the molecule is CC(C)(C)c1ccc(-n2c(-c3ccccc3O)nc3c(-c4cc(-c5cc6c(cn5)C(C)(C)c5ccccc5-6)cc(C(C)(C)c5ccccc5)c4)cccc32)c(-c2ccccc2)c1. The summed E-state index contributed by atoms with van der Waals surface area (Å²) in [6.07, 6.45) is 2.09. The summed E-state index contributed by atoms with van der Waals surface area (Å²) in [7, 11) is 0. The minimum absolute atomic E-state index is 0.0592. The lowest BCUT2D eigenvalue weighted by molar-refractivity contribution is 0.477. The van der Waals surface area contributed by atoms with Gasteiger partial charge in [-0.25, -0.2) is 4.98 Å². The first-order chi connectivity index (χ1) is 29.8. The van der Waals surface area contributed by atoms with Crippen molar-refractivity contribution >= 4 is 11.0 Å². The van der Waals surface area contributed by atoms with Crippen molar-refractivity contribution in [1.82, 2.24) is 14.5 Å². The van der Waals surface area contributed by atoms with E-state index in [2.05, 4.69) is 205 Å². The second kappa shape index (κ2) is 14.6. The number of rotatable bonds is 7. The molecular formula is C58H51N3O. The van der Waals surface area contributed by atoms with Crippen LogP contribution in [-0.2, 0) is 16.2 Å². The maximum Gasteiger partial charge on any atom is 0.149 e. The fraction of sp³-hybridized carbons (Fsp3) is 0.172. The molecule has 1 N–H and O–H groups in total. The van der Waals surface area contributed by atoms with E-state index in [-0.39, 0.29) is 22.0 Å². The summed E-state index contributed by atoms with van der Waals surface area (Å²) in [5.41, 5.74) is 17.9. The lowest BCUT2D eigenvalue weighted by Crippen LogP contribution is -2.19. The highest BCUT2D eigenvalue weighted by atomic mass is 16.3. The highest BCUT2D eigenvalue weighted by Crippen LogP contribution is 2.50. The van der Waals surface area contributed by atoms with Gasteiger partial charge in [0, 0.05) is 33.7 Å². The minimum atomic E-state index is -0.328. The van der Waals surface area contributed by atoms with Crippen LogP contribution in [0.4, 0.5) is 0 Å². The molecule has 304 valence electrons. The zero-order valence-corrected chi connectivity index (χ0v) is 36.5. The number of hydrogen-bond acceptors (Lipinski definition) is 3. The van der Waals surface area contributed by atoms with Crippen LogP contribution in [0.5, 0.6) is 5.75 Å². The third kappa shape index (κ3) is 6.44. The van der Waals surface area contributed by atoms with Crippen LogP contribution < -0.4 is 0 Å². The van der Waals surface area contributed by atoms with E-state index < -0.39 is 0 Å². The Hall–Kier alpha value is -7.04. The van der Waals surface area contributed by atoms with Crippen molar-refractivity contribution in [1.29, 1.82) is 0 Å². The first-order valence-corrected chi connectivity index (χ1v) is 21.6. The van der Waals surface area contributed by atoms with E-state index in [1.807, 2.05) is 18.2 Å². The van der Waals surface area contributed by atoms with Gasteiger partial charge in [0.2, 0.25) is 0 Å². The van der Waals surface area contributed by atoms with E-state index in [0.29, 0.717) is 11.4 Å². The zero-order valence-electron chi connectivity index (χ0n) is 36.5. The number of nitrogens with zero attached hydrogens (tertiary/aromatic N) is 3. The predicted molar refractivity (Wildman–Crippen MR) is 257 cm³/mol. The fourth-order valence-corrected chi connectivity index (χ4v) is 9.52. The average molecular weight is 806 g/mol. The summed E-state index contributed by atoms with van der Waals surface area (Å²) >= 11 is 0. The molecule has 0 spiro atoms. The third-order valence-corrected chi connectivity index (χ3v) is 13.2. The van der Waals surface area contributed by atoms with E-state index in [0.717, 1.165) is 50.2 Å². The fourth-order valence-electron chi connectivity index (χ4n) is 9.52. The Labute approximate surface area is 365 Å². The first-order valence-electron chi connectivity index (χ1n) is 21.6. The molecule has 1 aliphatic carbocycles. The lowest BCUT2D eigenvalue weighted by Gasteiger charge is -2.27. The Morgan fingerprint density at radius 2 is 1.16 bits per heavy atom. The lowest BCUT2D eigenvalue weighted by atomic mass is 9.76. The number of pyridine rings is 1. The van der Waals surface area contributed by atoms with Gasteiger partial charge in [0.15, 0.2) is 0 Å². The number of fused-ring (bicyclic) bond motifs is 4. The van der Waals surface area contributed by atoms with E-state index in [1.165, 1.54) is 38.9 Å². The van der Waals surface area contributed by atoms with Gasteiger partial charge >= 0.3 is 0 Å². The molecule has 0 atom stereocenters. The molecule has 0 aliphatic heterocycles. The maximum atomic E-state index is 11.5. The van der Waals surface area contributed by atoms with Crippen LogP contribution in [0.25, 0.3) is 72.7 Å². The molecule has 7 aromatic carbocycles. The van der Waals surface area contributed by atoms with Gasteiger partial charge in [0.1, 0.15) is 11.6 Å². The maximum absolute atomic E-state index is 11.5. The highest BCUT2D eigenvalue weighted by molar-refractivity contribution is 5.98. The smallest absolute Gasteiger partial charge is 0.149 e. The Bertz CT molecular complexity index is 3170. The van der Waals surface area contributed by atoms with Crippen molar-refractivity contribution in [2.24, 2.45) is 0 Å². The molecule has 2 heterocycles. The third-order valence-electron chi connectivity index (χ3n) is 13.2. The summed E-state index contributed by atoms with van der Waals surface area (Å²) in [6.45, 7) is 16.0. The van der Waals surface area contributed by atoms with Gasteiger partial charge in [-0.15, -0.1) is 0 Å².